The van der Waals surface area contributed by atoms with Crippen LogP contribution in [0.4, 0.5) is 0 Å². The molecule has 0 aliphatic heterocycles. The Morgan fingerprint density at radius 2 is 1.23 bits per heavy atom. The number of para-hydroxylation sites is 1. The molecule has 0 unspecified atom stereocenters. The molecule has 5 heteroatoms. The topological polar surface area (TPSA) is 34.6 Å². The average Bonchev–Trinajstić information content (AvgIpc) is 3.71. The molecule has 0 saturated carbocycles. The van der Waals surface area contributed by atoms with Gasteiger partial charge in [-0.1, -0.05) is 133 Å². The predicted molar refractivity (Wildman–Crippen MR) is 223 cm³/mol. The minimum Gasteiger partial charge on any atom is -0.340 e. The number of rotatable bonds is 3. The molecule has 3 aromatic heterocycles. The van der Waals surface area contributed by atoms with Crippen molar-refractivity contribution in [1.82, 2.24) is 14.5 Å². The van der Waals surface area contributed by atoms with Crippen LogP contribution in [0.15, 0.2) is 158 Å². The second-order valence-electron chi connectivity index (χ2n) is 13.0. The molecule has 9 aromatic rings. The van der Waals surface area contributed by atoms with E-state index in [2.05, 4.69) is 59.8 Å². The van der Waals surface area contributed by atoms with Crippen molar-refractivity contribution in [2.24, 2.45) is 6.98 Å². The molecular formula is C51H38IrN4+. The number of pyridine rings is 2. The van der Waals surface area contributed by atoms with Crippen molar-refractivity contribution in [3.63, 3.8) is 0 Å². The van der Waals surface area contributed by atoms with Crippen LogP contribution in [-0.2, 0) is 27.1 Å². The van der Waals surface area contributed by atoms with Crippen molar-refractivity contribution in [1.29, 1.82) is 0 Å². The molecular weight excluding hydrogens is 861 g/mol. The summed E-state index contributed by atoms with van der Waals surface area (Å²) in [6.45, 7) is -10.1. The second kappa shape index (κ2) is 15.5. The molecule has 4 nitrogen and oxygen atoms in total. The molecule has 270 valence electrons. The van der Waals surface area contributed by atoms with Crippen LogP contribution in [-0.4, -0.2) is 14.5 Å². The zero-order chi connectivity index (χ0) is 47.5. The first-order valence-corrected chi connectivity index (χ1v) is 17.6. The Balaban J connectivity index is 0.000000186. The molecule has 10 rings (SSSR count). The Morgan fingerprint density at radius 3 is 1.91 bits per heavy atom. The van der Waals surface area contributed by atoms with Crippen molar-refractivity contribution in [3.05, 3.63) is 193 Å². The predicted octanol–water partition coefficient (Wildman–Crippen LogP) is 11.6. The van der Waals surface area contributed by atoms with Gasteiger partial charge in [0.05, 0.1) is 27.8 Å². The minimum atomic E-state index is -2.65. The van der Waals surface area contributed by atoms with Crippen LogP contribution in [0.3, 0.4) is 0 Å². The molecule has 56 heavy (non-hydrogen) atoms. The fraction of sp³-hybridized carbons (Fsp3) is 0.0784. The van der Waals surface area contributed by atoms with Gasteiger partial charge in [-0.25, -0.2) is 0 Å². The zero-order valence-electron chi connectivity index (χ0n) is 41.6. The molecule has 0 fully saturated rings. The van der Waals surface area contributed by atoms with Crippen LogP contribution in [0.5, 0.6) is 0 Å². The molecule has 0 spiro atoms. The summed E-state index contributed by atoms with van der Waals surface area (Å²) in [5, 5.41) is 0. The Morgan fingerprint density at radius 1 is 0.589 bits per heavy atom. The molecule has 0 N–H and O–H groups in total. The summed E-state index contributed by atoms with van der Waals surface area (Å²) in [4.78, 5) is 9.13. The maximum absolute atomic E-state index is 8.41. The average molecular weight is 911 g/mol. The van der Waals surface area contributed by atoms with Crippen molar-refractivity contribution in [2.45, 2.75) is 20.6 Å². The van der Waals surface area contributed by atoms with Gasteiger partial charge in [-0.15, -0.1) is 29.3 Å². The van der Waals surface area contributed by atoms with Gasteiger partial charge in [0.15, 0.2) is 0 Å². The number of aryl methyl sites for hydroxylation is 4. The maximum Gasteiger partial charge on any atom is 3.00 e. The van der Waals surface area contributed by atoms with Crippen LogP contribution in [0.25, 0.3) is 83.7 Å². The number of aromatic nitrogens is 4. The van der Waals surface area contributed by atoms with Crippen LogP contribution in [0.2, 0.25) is 0 Å². The minimum absolute atomic E-state index is 0. The molecule has 1 aliphatic carbocycles. The first-order valence-electron chi connectivity index (χ1n) is 23.6. The van der Waals surface area contributed by atoms with Crippen LogP contribution in [0.1, 0.15) is 33.1 Å². The van der Waals surface area contributed by atoms with Gasteiger partial charge in [0.2, 0.25) is 6.33 Å². The van der Waals surface area contributed by atoms with Crippen molar-refractivity contribution in [3.8, 4) is 72.7 Å². The third-order valence-corrected chi connectivity index (χ3v) is 9.73. The molecule has 6 aromatic carbocycles. The fourth-order valence-corrected chi connectivity index (χ4v) is 7.16. The molecule has 0 saturated heterocycles. The largest absolute Gasteiger partial charge is 3.00 e. The van der Waals surface area contributed by atoms with Gasteiger partial charge in [0, 0.05) is 35.9 Å². The van der Waals surface area contributed by atoms with Gasteiger partial charge in [0.25, 0.3) is 0 Å². The van der Waals surface area contributed by atoms with E-state index in [0.717, 1.165) is 50.8 Å². The van der Waals surface area contributed by atoms with Crippen molar-refractivity contribution >= 4 is 11.0 Å². The Kier molecular flexibility index (Phi) is 6.91. The molecule has 0 amide bonds. The van der Waals surface area contributed by atoms with Gasteiger partial charge < -0.3 is 14.1 Å². The van der Waals surface area contributed by atoms with E-state index in [1.807, 2.05) is 60.7 Å². The Hall–Kier alpha value is -6.26. The van der Waals surface area contributed by atoms with Crippen molar-refractivity contribution < 1.29 is 41.1 Å². The summed E-state index contributed by atoms with van der Waals surface area (Å²) in [5.74, 6) is 0. The quantitative estimate of drug-likeness (QED) is 0.131. The number of hydrogen-bond acceptors (Lipinski definition) is 2. The van der Waals surface area contributed by atoms with E-state index in [4.69, 9.17) is 21.4 Å². The van der Waals surface area contributed by atoms with E-state index in [1.54, 1.807) is 47.2 Å². The van der Waals surface area contributed by atoms with Gasteiger partial charge in [-0.3, -0.25) is 4.98 Å². The molecule has 0 atom stereocenters. The first-order chi connectivity index (χ1) is 31.8. The third kappa shape index (κ3) is 6.60. The van der Waals surface area contributed by atoms with Gasteiger partial charge in [-0.2, -0.15) is 30.3 Å². The van der Waals surface area contributed by atoms with Gasteiger partial charge in [-0.05, 0) is 58.3 Å². The molecule has 3 heterocycles. The SMILES string of the molecule is [2H]C([2H])([2H])c1c[c-]c(-c2cc(C([2H])([2H])[2H])c(C([2H])([2H])[2H])cn2)cc1-c1ccccc1.[2H]C([2H])([2H])n1[c-][n+](-c2[c-]cccc2)c2cnc3c(c21)-c1ccccc1-c1ccccc1-c1ccccc1-3.[Ir+3]. The van der Waals surface area contributed by atoms with Gasteiger partial charge in [0.1, 0.15) is 0 Å². The van der Waals surface area contributed by atoms with Crippen molar-refractivity contribution in [2.75, 3.05) is 0 Å². The van der Waals surface area contributed by atoms with E-state index in [9.17, 15) is 0 Å². The summed E-state index contributed by atoms with van der Waals surface area (Å²) in [7, 11) is 0. The fourth-order valence-electron chi connectivity index (χ4n) is 7.16. The standard InChI is InChI=1S/C31H20N3.C20H18N.Ir/c1-33-20-34(21-11-3-2-4-12-21)28-19-32-30-27-18-10-8-16-25(27)23-14-6-5-13-22(23)24-15-7-9-17-26(24)29(30)31(28)33;1-14-9-10-18(20-11-15(2)16(3)13-21-20)12-19(14)17-7-5-4-6-8-17;/h2-11,13-19H,1H3;4-9,11-13H,1-3H3;/q2*-1;+3/i1D3;1D3,2D3,3D3;. The summed E-state index contributed by atoms with van der Waals surface area (Å²) < 4.78 is 97.6. The number of benzene rings is 6. The summed E-state index contributed by atoms with van der Waals surface area (Å²) >= 11 is 0. The third-order valence-electron chi connectivity index (χ3n) is 9.73. The summed E-state index contributed by atoms with van der Waals surface area (Å²) in [6.07, 6.45) is 5.90. The van der Waals surface area contributed by atoms with E-state index in [-0.39, 0.29) is 42.5 Å². The zero-order valence-corrected chi connectivity index (χ0v) is 32.0. The van der Waals surface area contributed by atoms with E-state index >= 15 is 0 Å². The first kappa shape index (κ1) is 25.0. The summed E-state index contributed by atoms with van der Waals surface area (Å²) in [6, 6.07) is 51.3. The van der Waals surface area contributed by atoms with Gasteiger partial charge >= 0.3 is 20.1 Å². The monoisotopic (exact) mass is 911 g/mol. The normalized spacial score (nSPS) is 15.1. The van der Waals surface area contributed by atoms with E-state index in [0.29, 0.717) is 33.4 Å². The summed E-state index contributed by atoms with van der Waals surface area (Å²) in [5.41, 5.74) is 10.7. The second-order valence-corrected chi connectivity index (χ2v) is 13.0. The molecule has 0 bridgehead atoms. The smallest absolute Gasteiger partial charge is 0.340 e. The van der Waals surface area contributed by atoms with Crippen LogP contribution >= 0.6 is 0 Å². The Bertz CT molecular complexity index is 3300. The van der Waals surface area contributed by atoms with Crippen LogP contribution < -0.4 is 4.57 Å². The number of fused-ring (bicyclic) bond motifs is 10. The molecule has 1 aliphatic rings. The Labute approximate surface area is 359 Å². The van der Waals surface area contributed by atoms with E-state index in [1.165, 1.54) is 16.7 Å². The number of imidazole rings is 1. The maximum atomic E-state index is 8.41. The van der Waals surface area contributed by atoms with E-state index < -0.39 is 27.5 Å². The number of nitrogens with zero attached hydrogens (tertiary/aromatic N) is 4. The van der Waals surface area contributed by atoms with Crippen LogP contribution in [0, 0.1) is 39.0 Å². The molecule has 0 radical (unpaired) electrons. The number of hydrogen-bond donors (Lipinski definition) is 0.